The van der Waals surface area contributed by atoms with Gasteiger partial charge in [0.2, 0.25) is 5.91 Å². The van der Waals surface area contributed by atoms with E-state index in [0.29, 0.717) is 17.3 Å². The van der Waals surface area contributed by atoms with Crippen molar-refractivity contribution in [1.29, 1.82) is 0 Å². The third kappa shape index (κ3) is 1.44. The van der Waals surface area contributed by atoms with Gasteiger partial charge in [0.05, 0.1) is 11.2 Å². The van der Waals surface area contributed by atoms with Crippen molar-refractivity contribution in [3.8, 4) is 0 Å². The van der Waals surface area contributed by atoms with Crippen LogP contribution in [0.3, 0.4) is 0 Å². The molecule has 3 nitrogen and oxygen atoms in total. The molecule has 64 valence electrons. The molecule has 2 heterocycles. The summed E-state index contributed by atoms with van der Waals surface area (Å²) in [4.78, 5) is 15.0. The van der Waals surface area contributed by atoms with Crippen LogP contribution in [0.25, 0.3) is 0 Å². The molecule has 1 fully saturated rings. The zero-order valence-corrected chi connectivity index (χ0v) is 7.78. The van der Waals surface area contributed by atoms with Gasteiger partial charge in [-0.05, 0) is 0 Å². The largest absolute Gasteiger partial charge is 0.355 e. The molecule has 1 unspecified atom stereocenters. The highest BCUT2D eigenvalue weighted by atomic mass is 35.5. The molecule has 1 saturated heterocycles. The minimum atomic E-state index is 0.103. The first-order valence-electron chi connectivity index (χ1n) is 3.63. The number of carbonyl (C=O) groups is 1. The normalized spacial score (nSPS) is 22.8. The first-order chi connectivity index (χ1) is 5.75. The lowest BCUT2D eigenvalue weighted by Crippen LogP contribution is -2.13. The summed E-state index contributed by atoms with van der Waals surface area (Å²) < 4.78 is 0.685. The van der Waals surface area contributed by atoms with Crippen molar-refractivity contribution in [2.45, 2.75) is 12.3 Å². The highest BCUT2D eigenvalue weighted by molar-refractivity contribution is 7.15. The van der Waals surface area contributed by atoms with Gasteiger partial charge in [-0.1, -0.05) is 11.6 Å². The Morgan fingerprint density at radius 3 is 3.08 bits per heavy atom. The van der Waals surface area contributed by atoms with Crippen LogP contribution in [0.1, 0.15) is 17.3 Å². The number of carbonyl (C=O) groups excluding carboxylic acids is 1. The summed E-state index contributed by atoms with van der Waals surface area (Å²) >= 11 is 7.18. The van der Waals surface area contributed by atoms with Crippen LogP contribution in [0.5, 0.6) is 0 Å². The summed E-state index contributed by atoms with van der Waals surface area (Å²) in [6.45, 7) is 0.697. The van der Waals surface area contributed by atoms with Crippen LogP contribution in [-0.2, 0) is 4.79 Å². The second kappa shape index (κ2) is 3.03. The molecule has 0 saturated carbocycles. The first kappa shape index (κ1) is 8.01. The zero-order chi connectivity index (χ0) is 8.55. The molecular formula is C7H7ClN2OS. The van der Waals surface area contributed by atoms with Crippen LogP contribution in [0, 0.1) is 0 Å². The molecule has 2 rings (SSSR count). The third-order valence-electron chi connectivity index (χ3n) is 1.82. The Balaban J connectivity index is 2.15. The third-order valence-corrected chi connectivity index (χ3v) is 3.10. The van der Waals surface area contributed by atoms with E-state index in [9.17, 15) is 4.79 Å². The van der Waals surface area contributed by atoms with E-state index in [2.05, 4.69) is 10.3 Å². The highest BCUT2D eigenvalue weighted by Crippen LogP contribution is 2.29. The van der Waals surface area contributed by atoms with E-state index >= 15 is 0 Å². The Kier molecular flexibility index (Phi) is 2.02. The van der Waals surface area contributed by atoms with Gasteiger partial charge in [-0.3, -0.25) is 4.79 Å². The van der Waals surface area contributed by atoms with Crippen LogP contribution in [-0.4, -0.2) is 17.4 Å². The van der Waals surface area contributed by atoms with E-state index in [-0.39, 0.29) is 11.8 Å². The minimum Gasteiger partial charge on any atom is -0.355 e. The van der Waals surface area contributed by atoms with Crippen LogP contribution in [0.4, 0.5) is 0 Å². The van der Waals surface area contributed by atoms with Crippen molar-refractivity contribution in [1.82, 2.24) is 10.3 Å². The van der Waals surface area contributed by atoms with Gasteiger partial charge in [0.15, 0.2) is 0 Å². The van der Waals surface area contributed by atoms with Crippen LogP contribution >= 0.6 is 22.9 Å². The smallest absolute Gasteiger partial charge is 0.220 e. The lowest BCUT2D eigenvalue weighted by atomic mass is 10.1. The van der Waals surface area contributed by atoms with Gasteiger partial charge in [-0.2, -0.15) is 0 Å². The van der Waals surface area contributed by atoms with Crippen molar-refractivity contribution < 1.29 is 4.79 Å². The Labute approximate surface area is 78.8 Å². The molecule has 1 aromatic heterocycles. The molecule has 0 radical (unpaired) electrons. The van der Waals surface area contributed by atoms with Gasteiger partial charge in [0.25, 0.3) is 0 Å². The number of nitrogens with one attached hydrogen (secondary N) is 1. The molecule has 0 bridgehead atoms. The first-order valence-corrected chi connectivity index (χ1v) is 4.83. The summed E-state index contributed by atoms with van der Waals surface area (Å²) in [5.41, 5.74) is 0. The fraction of sp³-hybridized carbons (Fsp3) is 0.429. The van der Waals surface area contributed by atoms with Gasteiger partial charge in [0, 0.05) is 18.9 Å². The Bertz CT molecular complexity index is 312. The Morgan fingerprint density at radius 1 is 1.75 bits per heavy atom. The number of aromatic nitrogens is 1. The summed E-state index contributed by atoms with van der Waals surface area (Å²) in [7, 11) is 0. The number of rotatable bonds is 1. The molecule has 1 atom stereocenters. The fourth-order valence-corrected chi connectivity index (χ4v) is 2.27. The minimum absolute atomic E-state index is 0.103. The lowest BCUT2D eigenvalue weighted by molar-refractivity contribution is -0.119. The molecule has 1 aliphatic heterocycles. The average molecular weight is 203 g/mol. The maximum Gasteiger partial charge on any atom is 0.220 e. The molecule has 1 amide bonds. The van der Waals surface area contributed by atoms with Crippen LogP contribution in [0.2, 0.25) is 4.34 Å². The van der Waals surface area contributed by atoms with Crippen LogP contribution in [0.15, 0.2) is 6.20 Å². The van der Waals surface area contributed by atoms with Gasteiger partial charge in [0.1, 0.15) is 4.34 Å². The molecule has 0 spiro atoms. The van der Waals surface area contributed by atoms with E-state index in [1.54, 1.807) is 6.20 Å². The van der Waals surface area contributed by atoms with E-state index < -0.39 is 0 Å². The number of hydrogen-bond acceptors (Lipinski definition) is 3. The predicted molar refractivity (Wildman–Crippen MR) is 47.5 cm³/mol. The monoisotopic (exact) mass is 202 g/mol. The van der Waals surface area contributed by atoms with Crippen molar-refractivity contribution in [2.75, 3.05) is 6.54 Å². The zero-order valence-electron chi connectivity index (χ0n) is 6.21. The van der Waals surface area contributed by atoms with E-state index in [4.69, 9.17) is 11.6 Å². The molecule has 12 heavy (non-hydrogen) atoms. The van der Waals surface area contributed by atoms with Gasteiger partial charge < -0.3 is 5.32 Å². The maximum atomic E-state index is 10.9. The predicted octanol–water partition coefficient (Wildman–Crippen LogP) is 1.40. The Morgan fingerprint density at radius 2 is 2.58 bits per heavy atom. The molecular weight excluding hydrogens is 196 g/mol. The maximum absolute atomic E-state index is 10.9. The molecule has 5 heteroatoms. The van der Waals surface area contributed by atoms with Crippen LogP contribution < -0.4 is 5.32 Å². The van der Waals surface area contributed by atoms with Gasteiger partial charge >= 0.3 is 0 Å². The fourth-order valence-electron chi connectivity index (χ4n) is 1.24. The summed E-state index contributed by atoms with van der Waals surface area (Å²) in [6, 6.07) is 0. The van der Waals surface area contributed by atoms with Crippen molar-refractivity contribution in [3.05, 3.63) is 15.5 Å². The standard InChI is InChI=1S/C7H7ClN2OS/c8-5-3-10-7(12-5)4-1-6(11)9-2-4/h3-4H,1-2H2,(H,9,11). The number of nitrogens with zero attached hydrogens (tertiary/aromatic N) is 1. The SMILES string of the molecule is O=C1CC(c2ncc(Cl)s2)CN1. The number of hydrogen-bond donors (Lipinski definition) is 1. The van der Waals surface area contributed by atoms with Crippen molar-refractivity contribution >= 4 is 28.8 Å². The summed E-state index contributed by atoms with van der Waals surface area (Å²) in [6.07, 6.45) is 2.17. The second-order valence-corrected chi connectivity index (χ2v) is 4.40. The second-order valence-electron chi connectivity index (χ2n) is 2.71. The van der Waals surface area contributed by atoms with E-state index in [1.165, 1.54) is 11.3 Å². The number of thiazole rings is 1. The molecule has 1 N–H and O–H groups in total. The lowest BCUT2D eigenvalue weighted by Gasteiger charge is -1.99. The molecule has 1 aromatic rings. The summed E-state index contributed by atoms with van der Waals surface area (Å²) in [5.74, 6) is 0.335. The van der Waals surface area contributed by atoms with E-state index in [1.807, 2.05) is 0 Å². The van der Waals surface area contributed by atoms with Gasteiger partial charge in [-0.15, -0.1) is 11.3 Å². The van der Waals surface area contributed by atoms with Gasteiger partial charge in [-0.25, -0.2) is 4.98 Å². The van der Waals surface area contributed by atoms with Crippen molar-refractivity contribution in [2.24, 2.45) is 0 Å². The van der Waals surface area contributed by atoms with Crippen molar-refractivity contribution in [3.63, 3.8) is 0 Å². The molecule has 1 aliphatic rings. The Hall–Kier alpha value is -0.610. The summed E-state index contributed by atoms with van der Waals surface area (Å²) in [5, 5.41) is 3.72. The quantitative estimate of drug-likeness (QED) is 0.748. The number of halogens is 1. The number of amides is 1. The van der Waals surface area contributed by atoms with E-state index in [0.717, 1.165) is 5.01 Å². The highest BCUT2D eigenvalue weighted by Gasteiger charge is 2.25. The molecule has 0 aromatic carbocycles. The topological polar surface area (TPSA) is 42.0 Å². The average Bonchev–Trinajstić information content (AvgIpc) is 2.58. The molecule has 0 aliphatic carbocycles.